The van der Waals surface area contributed by atoms with Crippen LogP contribution in [-0.4, -0.2) is 19.0 Å². The fourth-order valence-corrected chi connectivity index (χ4v) is 1.89. The number of hydrogen-bond acceptors (Lipinski definition) is 2. The third-order valence-corrected chi connectivity index (χ3v) is 2.77. The molecule has 0 spiro atoms. The Morgan fingerprint density at radius 2 is 2.29 bits per heavy atom. The number of rotatable bonds is 6. The van der Waals surface area contributed by atoms with Gasteiger partial charge in [0, 0.05) is 17.2 Å². The van der Waals surface area contributed by atoms with E-state index in [4.69, 9.17) is 0 Å². The summed E-state index contributed by atoms with van der Waals surface area (Å²) in [5.74, 6) is 0.546. The summed E-state index contributed by atoms with van der Waals surface area (Å²) in [6.45, 7) is 3.69. The lowest BCUT2D eigenvalue weighted by Gasteiger charge is -2.04. The number of benzene rings is 1. The third kappa shape index (κ3) is 4.11. The van der Waals surface area contributed by atoms with Crippen molar-refractivity contribution in [1.29, 1.82) is 0 Å². The van der Waals surface area contributed by atoms with Crippen molar-refractivity contribution in [2.75, 3.05) is 19.0 Å². The average Bonchev–Trinajstić information content (AvgIpc) is 2.24. The fraction of sp³-hybridized carbons (Fsp3) is 0.455. The topological polar surface area (TPSA) is 12.0 Å². The minimum atomic E-state index is -0.262. The van der Waals surface area contributed by atoms with Crippen LogP contribution in [0.2, 0.25) is 0 Å². The Morgan fingerprint density at radius 3 is 3.00 bits per heavy atom. The van der Waals surface area contributed by atoms with Crippen LogP contribution in [0.15, 0.2) is 29.2 Å². The van der Waals surface area contributed by atoms with Gasteiger partial charge in [-0.2, -0.15) is 0 Å². The van der Waals surface area contributed by atoms with E-state index in [2.05, 4.69) is 24.4 Å². The Balaban J connectivity index is 2.50. The molecule has 1 rings (SSSR count). The summed E-state index contributed by atoms with van der Waals surface area (Å²) < 4.78 is 11.9. The molecule has 0 saturated carbocycles. The lowest BCUT2D eigenvalue weighted by Crippen LogP contribution is -2.11. The lowest BCUT2D eigenvalue weighted by atomic mass is 10.2. The molecule has 0 aliphatic carbocycles. The molecule has 0 unspecified atom stereocenters. The lowest BCUT2D eigenvalue weighted by molar-refractivity contribution is 0.533. The van der Waals surface area contributed by atoms with E-state index in [1.165, 1.54) is 5.56 Å². The van der Waals surface area contributed by atoms with E-state index in [1.807, 2.05) is 12.1 Å². The smallest absolute Gasteiger partial charge is 0.0988 e. The second kappa shape index (κ2) is 6.85. The SMILES string of the molecule is CCNCc1cccc(SCCF)c1. The molecule has 0 radical (unpaired) electrons. The first-order valence-electron chi connectivity index (χ1n) is 4.85. The third-order valence-electron chi connectivity index (χ3n) is 1.82. The van der Waals surface area contributed by atoms with Gasteiger partial charge in [0.15, 0.2) is 0 Å². The summed E-state index contributed by atoms with van der Waals surface area (Å²) in [5.41, 5.74) is 1.26. The minimum Gasteiger partial charge on any atom is -0.313 e. The molecule has 0 aliphatic rings. The molecule has 1 nitrogen and oxygen atoms in total. The van der Waals surface area contributed by atoms with Crippen molar-refractivity contribution < 1.29 is 4.39 Å². The molecule has 0 aliphatic heterocycles. The van der Waals surface area contributed by atoms with Gasteiger partial charge < -0.3 is 5.32 Å². The van der Waals surface area contributed by atoms with Gasteiger partial charge in [-0.25, -0.2) is 0 Å². The van der Waals surface area contributed by atoms with Crippen LogP contribution in [0, 0.1) is 0 Å². The zero-order valence-corrected chi connectivity index (χ0v) is 9.24. The predicted molar refractivity (Wildman–Crippen MR) is 60.5 cm³/mol. The molecule has 0 fully saturated rings. The average molecular weight is 213 g/mol. The molecule has 0 heterocycles. The molecule has 0 saturated heterocycles. The highest BCUT2D eigenvalue weighted by Crippen LogP contribution is 2.18. The van der Waals surface area contributed by atoms with Crippen LogP contribution in [0.5, 0.6) is 0 Å². The van der Waals surface area contributed by atoms with Gasteiger partial charge in [-0.05, 0) is 24.2 Å². The van der Waals surface area contributed by atoms with E-state index in [9.17, 15) is 4.39 Å². The Labute approximate surface area is 89.1 Å². The molecule has 0 amide bonds. The van der Waals surface area contributed by atoms with Crippen LogP contribution < -0.4 is 5.32 Å². The number of halogens is 1. The van der Waals surface area contributed by atoms with Gasteiger partial charge >= 0.3 is 0 Å². The Morgan fingerprint density at radius 1 is 1.43 bits per heavy atom. The second-order valence-electron chi connectivity index (χ2n) is 2.97. The van der Waals surface area contributed by atoms with E-state index in [0.717, 1.165) is 18.0 Å². The van der Waals surface area contributed by atoms with Crippen molar-refractivity contribution in [1.82, 2.24) is 5.32 Å². The zero-order valence-electron chi connectivity index (χ0n) is 8.42. The first-order valence-corrected chi connectivity index (χ1v) is 5.83. The highest BCUT2D eigenvalue weighted by molar-refractivity contribution is 7.99. The second-order valence-corrected chi connectivity index (χ2v) is 4.13. The van der Waals surface area contributed by atoms with Crippen molar-refractivity contribution in [2.24, 2.45) is 0 Å². The molecule has 0 aromatic heterocycles. The summed E-state index contributed by atoms with van der Waals surface area (Å²) in [4.78, 5) is 1.15. The molecule has 78 valence electrons. The molecule has 14 heavy (non-hydrogen) atoms. The summed E-state index contributed by atoms with van der Waals surface area (Å²) in [6, 6.07) is 8.24. The van der Waals surface area contributed by atoms with Crippen LogP contribution >= 0.6 is 11.8 Å². The molecular weight excluding hydrogens is 197 g/mol. The van der Waals surface area contributed by atoms with Crippen LogP contribution in [0.1, 0.15) is 12.5 Å². The van der Waals surface area contributed by atoms with E-state index in [-0.39, 0.29) is 6.67 Å². The molecule has 1 N–H and O–H groups in total. The normalized spacial score (nSPS) is 10.4. The highest BCUT2D eigenvalue weighted by atomic mass is 32.2. The molecule has 0 bridgehead atoms. The van der Waals surface area contributed by atoms with Crippen molar-refractivity contribution in [3.05, 3.63) is 29.8 Å². The largest absolute Gasteiger partial charge is 0.313 e. The van der Waals surface area contributed by atoms with Gasteiger partial charge in [-0.1, -0.05) is 19.1 Å². The van der Waals surface area contributed by atoms with Gasteiger partial charge in [0.2, 0.25) is 0 Å². The number of hydrogen-bond donors (Lipinski definition) is 1. The van der Waals surface area contributed by atoms with Crippen molar-refractivity contribution in [3.8, 4) is 0 Å². The molecule has 1 aromatic carbocycles. The number of thioether (sulfide) groups is 1. The summed E-state index contributed by atoms with van der Waals surface area (Å²) >= 11 is 1.57. The van der Waals surface area contributed by atoms with Gasteiger partial charge in [0.05, 0.1) is 6.67 Å². The van der Waals surface area contributed by atoms with Crippen molar-refractivity contribution in [3.63, 3.8) is 0 Å². The predicted octanol–water partition coefficient (Wildman–Crippen LogP) is 2.86. The maximum absolute atomic E-state index is 11.9. The van der Waals surface area contributed by atoms with E-state index < -0.39 is 0 Å². The van der Waals surface area contributed by atoms with Gasteiger partial charge in [0.1, 0.15) is 0 Å². The fourth-order valence-electron chi connectivity index (χ4n) is 1.17. The van der Waals surface area contributed by atoms with Gasteiger partial charge in [-0.3, -0.25) is 4.39 Å². The first kappa shape index (κ1) is 11.5. The molecule has 3 heteroatoms. The van der Waals surface area contributed by atoms with Crippen LogP contribution in [-0.2, 0) is 6.54 Å². The Hall–Kier alpha value is -0.540. The number of nitrogens with one attached hydrogen (secondary N) is 1. The maximum Gasteiger partial charge on any atom is 0.0988 e. The summed E-state index contributed by atoms with van der Waals surface area (Å²) in [6.07, 6.45) is 0. The van der Waals surface area contributed by atoms with Gasteiger partial charge in [-0.15, -0.1) is 11.8 Å². The van der Waals surface area contributed by atoms with Crippen LogP contribution in [0.25, 0.3) is 0 Å². The maximum atomic E-state index is 11.9. The van der Waals surface area contributed by atoms with Gasteiger partial charge in [0.25, 0.3) is 0 Å². The molecule has 0 atom stereocenters. The van der Waals surface area contributed by atoms with Crippen molar-refractivity contribution in [2.45, 2.75) is 18.4 Å². The van der Waals surface area contributed by atoms with E-state index >= 15 is 0 Å². The Bertz CT molecular complexity index is 242. The Kier molecular flexibility index (Phi) is 5.64. The van der Waals surface area contributed by atoms with E-state index in [0.29, 0.717) is 5.75 Å². The quantitative estimate of drug-likeness (QED) is 0.729. The minimum absolute atomic E-state index is 0.262. The summed E-state index contributed by atoms with van der Waals surface area (Å²) in [5, 5.41) is 3.26. The molecular formula is C11H16FNS. The standard InChI is InChI=1S/C11H16FNS/c1-2-13-9-10-4-3-5-11(8-10)14-7-6-12/h3-5,8,13H,2,6-7,9H2,1H3. The first-order chi connectivity index (χ1) is 6.86. The summed E-state index contributed by atoms with van der Waals surface area (Å²) in [7, 11) is 0. The van der Waals surface area contributed by atoms with Crippen LogP contribution in [0.4, 0.5) is 4.39 Å². The van der Waals surface area contributed by atoms with E-state index in [1.54, 1.807) is 11.8 Å². The monoisotopic (exact) mass is 213 g/mol. The van der Waals surface area contributed by atoms with Crippen molar-refractivity contribution >= 4 is 11.8 Å². The zero-order chi connectivity index (χ0) is 10.2. The molecule has 1 aromatic rings. The van der Waals surface area contributed by atoms with Crippen LogP contribution in [0.3, 0.4) is 0 Å². The number of alkyl halides is 1. The highest BCUT2D eigenvalue weighted by Gasteiger charge is 1.96.